The minimum absolute atomic E-state index is 0.0547. The van der Waals surface area contributed by atoms with Crippen LogP contribution in [0.15, 0.2) is 48.5 Å². The van der Waals surface area contributed by atoms with Crippen LogP contribution >= 0.6 is 0 Å². The molecule has 4 nitrogen and oxygen atoms in total. The molecule has 4 heteroatoms. The molecule has 2 rings (SSSR count). The molecule has 0 fully saturated rings. The Bertz CT molecular complexity index is 697. The van der Waals surface area contributed by atoms with Crippen LogP contribution in [0.1, 0.15) is 34.8 Å². The second-order valence-corrected chi connectivity index (χ2v) is 6.49. The third kappa shape index (κ3) is 5.33. The standard InChI is InChI=1S/C21H29N3O/c1-4-17-8-5-9-18(14-17)16-24(13-7-12-22)21(25)19-10-6-11-20(15-19)23(2)3/h5-6,8-11,14-15H,4,7,12-13,16,22H2,1-3H3. The summed E-state index contributed by atoms with van der Waals surface area (Å²) in [5, 5.41) is 0. The first-order chi connectivity index (χ1) is 12.0. The van der Waals surface area contributed by atoms with Gasteiger partial charge < -0.3 is 15.5 Å². The molecule has 134 valence electrons. The molecule has 0 saturated carbocycles. The van der Waals surface area contributed by atoms with E-state index in [1.165, 1.54) is 5.56 Å². The van der Waals surface area contributed by atoms with Crippen LogP contribution in [0.3, 0.4) is 0 Å². The van der Waals surface area contributed by atoms with Crippen molar-refractivity contribution in [3.05, 3.63) is 65.2 Å². The van der Waals surface area contributed by atoms with Gasteiger partial charge in [-0.15, -0.1) is 0 Å². The highest BCUT2D eigenvalue weighted by Crippen LogP contribution is 2.17. The fourth-order valence-electron chi connectivity index (χ4n) is 2.80. The van der Waals surface area contributed by atoms with Crippen LogP contribution in [0.4, 0.5) is 5.69 Å². The summed E-state index contributed by atoms with van der Waals surface area (Å²) in [6.45, 7) is 4.00. The maximum Gasteiger partial charge on any atom is 0.254 e. The normalized spacial score (nSPS) is 10.6. The summed E-state index contributed by atoms with van der Waals surface area (Å²) >= 11 is 0. The minimum Gasteiger partial charge on any atom is -0.378 e. The quantitative estimate of drug-likeness (QED) is 0.803. The molecule has 1 amide bonds. The van der Waals surface area contributed by atoms with Crippen LogP contribution in [0, 0.1) is 0 Å². The van der Waals surface area contributed by atoms with Crippen molar-refractivity contribution in [1.82, 2.24) is 4.90 Å². The molecule has 0 bridgehead atoms. The molecule has 0 saturated heterocycles. The van der Waals surface area contributed by atoms with Gasteiger partial charge in [-0.3, -0.25) is 4.79 Å². The smallest absolute Gasteiger partial charge is 0.254 e. The topological polar surface area (TPSA) is 49.6 Å². The van der Waals surface area contributed by atoms with E-state index < -0.39 is 0 Å². The van der Waals surface area contributed by atoms with Gasteiger partial charge in [0.1, 0.15) is 0 Å². The molecule has 2 N–H and O–H groups in total. The predicted molar refractivity (Wildman–Crippen MR) is 105 cm³/mol. The molecule has 0 unspecified atom stereocenters. The number of aryl methyl sites for hydroxylation is 1. The molecular weight excluding hydrogens is 310 g/mol. The van der Waals surface area contributed by atoms with Crippen molar-refractivity contribution < 1.29 is 4.79 Å². The highest BCUT2D eigenvalue weighted by Gasteiger charge is 2.16. The second-order valence-electron chi connectivity index (χ2n) is 6.49. The highest BCUT2D eigenvalue weighted by atomic mass is 16.2. The van der Waals surface area contributed by atoms with E-state index in [4.69, 9.17) is 5.73 Å². The minimum atomic E-state index is 0.0547. The van der Waals surface area contributed by atoms with Crippen LogP contribution in [0.5, 0.6) is 0 Å². The summed E-state index contributed by atoms with van der Waals surface area (Å²) in [6.07, 6.45) is 1.79. The van der Waals surface area contributed by atoms with E-state index in [-0.39, 0.29) is 5.91 Å². The Hall–Kier alpha value is -2.33. The largest absolute Gasteiger partial charge is 0.378 e. The van der Waals surface area contributed by atoms with Crippen LogP contribution < -0.4 is 10.6 Å². The fraction of sp³-hybridized carbons (Fsp3) is 0.381. The molecule has 25 heavy (non-hydrogen) atoms. The fourth-order valence-corrected chi connectivity index (χ4v) is 2.80. The van der Waals surface area contributed by atoms with Crippen LogP contribution in [-0.4, -0.2) is 38.0 Å². The molecule has 0 aliphatic rings. The van der Waals surface area contributed by atoms with E-state index >= 15 is 0 Å². The lowest BCUT2D eigenvalue weighted by Gasteiger charge is -2.24. The van der Waals surface area contributed by atoms with Gasteiger partial charge in [0.25, 0.3) is 5.91 Å². The Morgan fingerprint density at radius 1 is 1.04 bits per heavy atom. The molecule has 0 spiro atoms. The van der Waals surface area contributed by atoms with Gasteiger partial charge in [0.2, 0.25) is 0 Å². The number of hydrogen-bond donors (Lipinski definition) is 1. The number of nitrogens with two attached hydrogens (primary N) is 1. The molecular formula is C21H29N3O. The second kappa shape index (κ2) is 9.23. The summed E-state index contributed by atoms with van der Waals surface area (Å²) in [7, 11) is 3.96. The third-order valence-corrected chi connectivity index (χ3v) is 4.30. The van der Waals surface area contributed by atoms with Gasteiger partial charge in [-0.2, -0.15) is 0 Å². The number of benzene rings is 2. The zero-order chi connectivity index (χ0) is 18.2. The van der Waals surface area contributed by atoms with Crippen molar-refractivity contribution in [2.24, 2.45) is 5.73 Å². The lowest BCUT2D eigenvalue weighted by atomic mass is 10.1. The van der Waals surface area contributed by atoms with Gasteiger partial charge in [-0.1, -0.05) is 37.3 Å². The van der Waals surface area contributed by atoms with Gasteiger partial charge in [0.05, 0.1) is 0 Å². The maximum atomic E-state index is 13.1. The number of hydrogen-bond acceptors (Lipinski definition) is 3. The molecule has 0 aliphatic heterocycles. The predicted octanol–water partition coefficient (Wildman–Crippen LogP) is 3.31. The van der Waals surface area contributed by atoms with Crippen LogP contribution in [-0.2, 0) is 13.0 Å². The molecule has 0 radical (unpaired) electrons. The average Bonchev–Trinajstić information content (AvgIpc) is 2.64. The number of carbonyl (C=O) groups is 1. The zero-order valence-corrected chi connectivity index (χ0v) is 15.5. The van der Waals surface area contributed by atoms with Crippen LogP contribution in [0.25, 0.3) is 0 Å². The van der Waals surface area contributed by atoms with Crippen molar-refractivity contribution in [2.45, 2.75) is 26.3 Å². The van der Waals surface area contributed by atoms with E-state index in [9.17, 15) is 4.79 Å². The molecule has 0 aliphatic carbocycles. The van der Waals surface area contributed by atoms with E-state index in [0.717, 1.165) is 29.7 Å². The van der Waals surface area contributed by atoms with Crippen LogP contribution in [0.2, 0.25) is 0 Å². The number of anilines is 1. The Balaban J connectivity index is 2.23. The first-order valence-corrected chi connectivity index (χ1v) is 8.89. The molecule has 2 aromatic carbocycles. The Morgan fingerprint density at radius 3 is 2.44 bits per heavy atom. The molecule has 0 heterocycles. The van der Waals surface area contributed by atoms with Crippen molar-refractivity contribution in [1.29, 1.82) is 0 Å². The van der Waals surface area contributed by atoms with E-state index in [1.54, 1.807) is 0 Å². The third-order valence-electron chi connectivity index (χ3n) is 4.30. The number of rotatable bonds is 8. The number of carbonyl (C=O) groups excluding carboxylic acids is 1. The Labute approximate surface area is 151 Å². The lowest BCUT2D eigenvalue weighted by Crippen LogP contribution is -2.32. The van der Waals surface area contributed by atoms with E-state index in [0.29, 0.717) is 19.6 Å². The van der Waals surface area contributed by atoms with Crippen molar-refractivity contribution in [3.63, 3.8) is 0 Å². The van der Waals surface area contributed by atoms with Gasteiger partial charge in [-0.25, -0.2) is 0 Å². The first-order valence-electron chi connectivity index (χ1n) is 8.89. The maximum absolute atomic E-state index is 13.1. The SMILES string of the molecule is CCc1cccc(CN(CCCN)C(=O)c2cccc(N(C)C)c2)c1. The Kier molecular flexibility index (Phi) is 7.02. The van der Waals surface area contributed by atoms with Gasteiger partial charge in [0.15, 0.2) is 0 Å². The highest BCUT2D eigenvalue weighted by molar-refractivity contribution is 5.95. The summed E-state index contributed by atoms with van der Waals surface area (Å²) in [5.41, 5.74) is 9.87. The van der Waals surface area contributed by atoms with Gasteiger partial charge >= 0.3 is 0 Å². The summed E-state index contributed by atoms with van der Waals surface area (Å²) in [6, 6.07) is 16.2. The van der Waals surface area contributed by atoms with Crippen molar-refractivity contribution in [2.75, 3.05) is 32.1 Å². The lowest BCUT2D eigenvalue weighted by molar-refractivity contribution is 0.0742. The summed E-state index contributed by atoms with van der Waals surface area (Å²) in [5.74, 6) is 0.0547. The molecule has 2 aromatic rings. The number of nitrogens with zero attached hydrogens (tertiary/aromatic N) is 2. The number of amides is 1. The zero-order valence-electron chi connectivity index (χ0n) is 15.5. The van der Waals surface area contributed by atoms with Gasteiger partial charge in [0, 0.05) is 38.4 Å². The van der Waals surface area contributed by atoms with Crippen molar-refractivity contribution >= 4 is 11.6 Å². The summed E-state index contributed by atoms with van der Waals surface area (Å²) < 4.78 is 0. The monoisotopic (exact) mass is 339 g/mol. The van der Waals surface area contributed by atoms with E-state index in [2.05, 4.69) is 31.2 Å². The first kappa shape index (κ1) is 19.0. The van der Waals surface area contributed by atoms with E-state index in [1.807, 2.05) is 48.2 Å². The molecule has 0 atom stereocenters. The summed E-state index contributed by atoms with van der Waals surface area (Å²) in [4.78, 5) is 17.0. The average molecular weight is 339 g/mol. The van der Waals surface area contributed by atoms with Crippen molar-refractivity contribution in [3.8, 4) is 0 Å². The molecule has 0 aromatic heterocycles. The van der Waals surface area contributed by atoms with Gasteiger partial charge in [-0.05, 0) is 48.7 Å². The Morgan fingerprint density at radius 2 is 1.76 bits per heavy atom.